The van der Waals surface area contributed by atoms with Gasteiger partial charge in [0, 0.05) is 0 Å². The molecule has 27 heavy (non-hydrogen) atoms. The molecule has 0 aliphatic heterocycles. The van der Waals surface area contributed by atoms with Crippen LogP contribution in [-0.4, -0.2) is 38.5 Å². The number of carbonyl (C=O) groups excluding carboxylic acids is 1. The van der Waals surface area contributed by atoms with E-state index in [-0.39, 0.29) is 18.3 Å². The van der Waals surface area contributed by atoms with Gasteiger partial charge >= 0.3 is 5.97 Å². The number of para-hydroxylation sites is 2. The molecule has 0 amide bonds. The topological polar surface area (TPSA) is 79.1 Å². The van der Waals surface area contributed by atoms with Crippen molar-refractivity contribution in [1.29, 1.82) is 0 Å². The average molecular weight is 384 g/mol. The van der Waals surface area contributed by atoms with Crippen LogP contribution in [0.1, 0.15) is 18.1 Å². The third-order valence-corrected chi connectivity index (χ3v) is 4.57. The summed E-state index contributed by atoms with van der Waals surface area (Å²) in [6.45, 7) is 4.71. The molecule has 0 bridgehead atoms. The molecule has 0 atom stereocenters. The van der Waals surface area contributed by atoms with Crippen molar-refractivity contribution in [2.45, 2.75) is 25.6 Å². The lowest BCUT2D eigenvalue weighted by Crippen LogP contribution is -2.09. The molecule has 3 rings (SSSR count). The Labute approximate surface area is 161 Å². The number of hydrogen-bond donors (Lipinski definition) is 0. The fourth-order valence-corrected chi connectivity index (χ4v) is 3.02. The number of tetrazole rings is 1. The number of nitrogens with zero attached hydrogens (tertiary/aromatic N) is 4. The van der Waals surface area contributed by atoms with Crippen LogP contribution in [-0.2, 0) is 16.1 Å². The second kappa shape index (κ2) is 9.18. The van der Waals surface area contributed by atoms with Crippen LogP contribution in [0.4, 0.5) is 0 Å². The van der Waals surface area contributed by atoms with Gasteiger partial charge in [-0.2, -0.15) is 4.68 Å². The van der Waals surface area contributed by atoms with Crippen LogP contribution < -0.4 is 4.74 Å². The summed E-state index contributed by atoms with van der Waals surface area (Å²) in [7, 11) is 0. The summed E-state index contributed by atoms with van der Waals surface area (Å²) in [4.78, 5) is 12.1. The summed E-state index contributed by atoms with van der Waals surface area (Å²) in [6, 6.07) is 15.3. The minimum absolute atomic E-state index is 0.114. The van der Waals surface area contributed by atoms with Crippen molar-refractivity contribution >= 4 is 17.7 Å². The number of ether oxygens (including phenoxy) is 2. The zero-order valence-electron chi connectivity index (χ0n) is 15.2. The fourth-order valence-electron chi connectivity index (χ4n) is 2.34. The van der Waals surface area contributed by atoms with E-state index in [0.29, 0.717) is 17.5 Å². The predicted octanol–water partition coefficient (Wildman–Crippen LogP) is 3.20. The Bertz CT molecular complexity index is 896. The molecule has 0 aliphatic carbocycles. The van der Waals surface area contributed by atoms with Gasteiger partial charge in [-0.15, -0.1) is 5.10 Å². The maximum Gasteiger partial charge on any atom is 0.316 e. The number of carbonyl (C=O) groups is 1. The summed E-state index contributed by atoms with van der Waals surface area (Å²) in [5, 5.41) is 12.2. The van der Waals surface area contributed by atoms with Gasteiger partial charge in [-0.25, -0.2) is 0 Å². The molecule has 0 N–H and O–H groups in total. The smallest absolute Gasteiger partial charge is 0.316 e. The van der Waals surface area contributed by atoms with E-state index in [9.17, 15) is 4.79 Å². The average Bonchev–Trinajstić information content (AvgIpc) is 3.15. The molecule has 140 valence electrons. The molecular formula is C19H20N4O3S. The molecule has 2 aromatic carbocycles. The Morgan fingerprint density at radius 1 is 1.15 bits per heavy atom. The fraction of sp³-hybridized carbons (Fsp3) is 0.263. The van der Waals surface area contributed by atoms with E-state index < -0.39 is 0 Å². The van der Waals surface area contributed by atoms with E-state index in [1.54, 1.807) is 4.68 Å². The Hall–Kier alpha value is -2.87. The van der Waals surface area contributed by atoms with E-state index in [1.807, 2.05) is 62.4 Å². The highest BCUT2D eigenvalue weighted by atomic mass is 32.2. The van der Waals surface area contributed by atoms with Crippen molar-refractivity contribution < 1.29 is 14.3 Å². The second-order valence-corrected chi connectivity index (χ2v) is 6.65. The highest BCUT2D eigenvalue weighted by Crippen LogP contribution is 2.26. The van der Waals surface area contributed by atoms with Crippen LogP contribution in [0.5, 0.6) is 5.75 Å². The Balaban J connectivity index is 1.60. The van der Waals surface area contributed by atoms with E-state index in [4.69, 9.17) is 9.47 Å². The third-order valence-electron chi connectivity index (χ3n) is 3.67. The molecule has 0 unspecified atom stereocenters. The molecule has 3 aromatic rings. The first-order chi connectivity index (χ1) is 13.2. The lowest BCUT2D eigenvalue weighted by atomic mass is 10.2. The molecule has 0 saturated heterocycles. The zero-order valence-corrected chi connectivity index (χ0v) is 16.0. The Kier molecular flexibility index (Phi) is 6.43. The van der Waals surface area contributed by atoms with Gasteiger partial charge in [-0.05, 0) is 42.0 Å². The number of thioether (sulfide) groups is 1. The van der Waals surface area contributed by atoms with E-state index in [2.05, 4.69) is 15.5 Å². The quantitative estimate of drug-likeness (QED) is 0.436. The molecule has 0 spiro atoms. The molecule has 0 fully saturated rings. The van der Waals surface area contributed by atoms with Crippen molar-refractivity contribution in [2.75, 3.05) is 12.4 Å². The van der Waals surface area contributed by atoms with Crippen LogP contribution in [0, 0.1) is 6.92 Å². The maximum atomic E-state index is 12.1. The first kappa shape index (κ1) is 18.9. The number of benzene rings is 2. The van der Waals surface area contributed by atoms with Gasteiger partial charge in [0.05, 0.1) is 12.4 Å². The number of rotatable bonds is 8. The summed E-state index contributed by atoms with van der Waals surface area (Å²) >= 11 is 1.22. The molecule has 1 aromatic heterocycles. The highest BCUT2D eigenvalue weighted by molar-refractivity contribution is 7.99. The summed E-state index contributed by atoms with van der Waals surface area (Å²) < 4.78 is 12.5. The van der Waals surface area contributed by atoms with Gasteiger partial charge in [0.2, 0.25) is 5.16 Å². The molecule has 0 aliphatic rings. The summed E-state index contributed by atoms with van der Waals surface area (Å²) in [5.41, 5.74) is 2.84. The first-order valence-electron chi connectivity index (χ1n) is 8.52. The highest BCUT2D eigenvalue weighted by Gasteiger charge is 2.15. The normalized spacial score (nSPS) is 10.6. The Morgan fingerprint density at radius 2 is 1.93 bits per heavy atom. The van der Waals surface area contributed by atoms with Crippen molar-refractivity contribution in [3.63, 3.8) is 0 Å². The van der Waals surface area contributed by atoms with E-state index >= 15 is 0 Å². The van der Waals surface area contributed by atoms with Gasteiger partial charge in [-0.3, -0.25) is 4.79 Å². The zero-order chi connectivity index (χ0) is 19.1. The number of hydrogen-bond acceptors (Lipinski definition) is 7. The number of aryl methyl sites for hydroxylation is 1. The molecule has 7 nitrogen and oxygen atoms in total. The predicted molar refractivity (Wildman–Crippen MR) is 102 cm³/mol. The SMILES string of the molecule is CCOc1ccccc1-n1nnnc1SCC(=O)OCc1ccc(C)cc1. The van der Waals surface area contributed by atoms with E-state index in [1.165, 1.54) is 17.3 Å². The van der Waals surface area contributed by atoms with Crippen LogP contribution >= 0.6 is 11.8 Å². The van der Waals surface area contributed by atoms with Gasteiger partial charge < -0.3 is 9.47 Å². The number of aromatic nitrogens is 4. The molecule has 8 heteroatoms. The molecular weight excluding hydrogens is 364 g/mol. The van der Waals surface area contributed by atoms with Gasteiger partial charge in [0.25, 0.3) is 0 Å². The monoisotopic (exact) mass is 384 g/mol. The van der Waals surface area contributed by atoms with Gasteiger partial charge in [0.15, 0.2) is 0 Å². The van der Waals surface area contributed by atoms with Crippen LogP contribution in [0.25, 0.3) is 5.69 Å². The first-order valence-corrected chi connectivity index (χ1v) is 9.50. The Morgan fingerprint density at radius 3 is 2.70 bits per heavy atom. The van der Waals surface area contributed by atoms with Crippen molar-refractivity contribution in [1.82, 2.24) is 20.2 Å². The van der Waals surface area contributed by atoms with Crippen LogP contribution in [0.2, 0.25) is 0 Å². The van der Waals surface area contributed by atoms with Crippen molar-refractivity contribution in [2.24, 2.45) is 0 Å². The minimum Gasteiger partial charge on any atom is -0.492 e. The van der Waals surface area contributed by atoms with Crippen molar-refractivity contribution in [3.05, 3.63) is 59.7 Å². The molecule has 1 heterocycles. The third kappa shape index (κ3) is 5.07. The summed E-state index contributed by atoms with van der Waals surface area (Å²) in [5.74, 6) is 0.465. The summed E-state index contributed by atoms with van der Waals surface area (Å²) in [6.07, 6.45) is 0. The lowest BCUT2D eigenvalue weighted by Gasteiger charge is -2.10. The second-order valence-electron chi connectivity index (χ2n) is 5.71. The van der Waals surface area contributed by atoms with Crippen molar-refractivity contribution in [3.8, 4) is 11.4 Å². The lowest BCUT2D eigenvalue weighted by molar-refractivity contribution is -0.141. The molecule has 0 radical (unpaired) electrons. The van der Waals surface area contributed by atoms with Gasteiger partial charge in [0.1, 0.15) is 18.0 Å². The van der Waals surface area contributed by atoms with Crippen LogP contribution in [0.3, 0.4) is 0 Å². The number of esters is 1. The minimum atomic E-state index is -0.326. The maximum absolute atomic E-state index is 12.1. The molecule has 0 saturated carbocycles. The largest absolute Gasteiger partial charge is 0.492 e. The standard InChI is InChI=1S/C19H20N4O3S/c1-3-25-17-7-5-4-6-16(17)23-19(20-21-22-23)27-13-18(24)26-12-15-10-8-14(2)9-11-15/h4-11H,3,12-13H2,1-2H3. The van der Waals surface area contributed by atoms with Gasteiger partial charge in [-0.1, -0.05) is 53.7 Å². The van der Waals surface area contributed by atoms with Crippen LogP contribution in [0.15, 0.2) is 53.7 Å². The van der Waals surface area contributed by atoms with E-state index in [0.717, 1.165) is 11.3 Å².